The number of nitrogens with zero attached hydrogens (tertiary/aromatic N) is 1. The van der Waals surface area contributed by atoms with E-state index in [2.05, 4.69) is 60.6 Å². The van der Waals surface area contributed by atoms with Crippen LogP contribution in [-0.2, 0) is 17.3 Å². The number of unbranched alkanes of at least 4 members (excludes halogenated alkanes) is 12. The Morgan fingerprint density at radius 3 is 1.62 bits per heavy atom. The van der Waals surface area contributed by atoms with Crippen LogP contribution in [-0.4, -0.2) is 4.98 Å². The van der Waals surface area contributed by atoms with Crippen molar-refractivity contribution in [2.75, 3.05) is 0 Å². The highest BCUT2D eigenvalue weighted by atomic mass is 16.4. The molecule has 0 atom stereocenters. The van der Waals surface area contributed by atoms with Gasteiger partial charge in [-0.05, 0) is 28.9 Å². The molecule has 0 unspecified atom stereocenters. The molecule has 1 heterocycles. The molecule has 0 aliphatic carbocycles. The van der Waals surface area contributed by atoms with Gasteiger partial charge in [0.2, 0.25) is 0 Å². The van der Waals surface area contributed by atoms with Gasteiger partial charge in [-0.25, -0.2) is 4.98 Å². The van der Waals surface area contributed by atoms with Gasteiger partial charge >= 0.3 is 0 Å². The van der Waals surface area contributed by atoms with E-state index in [0.717, 1.165) is 23.4 Å². The van der Waals surface area contributed by atoms with E-state index in [1.807, 2.05) is 0 Å². The molecule has 2 nitrogen and oxygen atoms in total. The Morgan fingerprint density at radius 1 is 0.656 bits per heavy atom. The molecule has 0 fully saturated rings. The summed E-state index contributed by atoms with van der Waals surface area (Å²) in [6.45, 7) is 15.9. The van der Waals surface area contributed by atoms with Crippen molar-refractivity contribution in [2.24, 2.45) is 0 Å². The molecule has 1 aromatic carbocycles. The molecule has 0 aliphatic rings. The van der Waals surface area contributed by atoms with Crippen LogP contribution in [0.15, 0.2) is 16.5 Å². The van der Waals surface area contributed by atoms with Crippen molar-refractivity contribution in [3.63, 3.8) is 0 Å². The van der Waals surface area contributed by atoms with Gasteiger partial charge in [-0.2, -0.15) is 0 Å². The van der Waals surface area contributed by atoms with Crippen molar-refractivity contribution < 1.29 is 4.42 Å². The van der Waals surface area contributed by atoms with E-state index in [-0.39, 0.29) is 10.8 Å². The third kappa shape index (κ3) is 8.91. The number of aromatic nitrogens is 1. The Balaban J connectivity index is 1.74. The van der Waals surface area contributed by atoms with E-state index in [0.29, 0.717) is 0 Å². The quantitative estimate of drug-likeness (QED) is 0.272. The van der Waals surface area contributed by atoms with E-state index in [9.17, 15) is 0 Å². The van der Waals surface area contributed by atoms with Gasteiger partial charge in [0.05, 0.1) is 0 Å². The van der Waals surface area contributed by atoms with Gasteiger partial charge in [0, 0.05) is 12.0 Å². The predicted octanol–water partition coefficient (Wildman–Crippen LogP) is 10.1. The molecule has 2 heteroatoms. The number of rotatable bonds is 14. The fourth-order valence-electron chi connectivity index (χ4n) is 4.47. The zero-order valence-corrected chi connectivity index (χ0v) is 22.4. The third-order valence-electron chi connectivity index (χ3n) is 6.70. The zero-order valence-electron chi connectivity index (χ0n) is 22.4. The summed E-state index contributed by atoms with van der Waals surface area (Å²) < 4.78 is 6.29. The molecule has 2 aromatic rings. The highest BCUT2D eigenvalue weighted by Crippen LogP contribution is 2.35. The summed E-state index contributed by atoms with van der Waals surface area (Å²) in [6, 6.07) is 4.57. The van der Waals surface area contributed by atoms with Gasteiger partial charge in [0.15, 0.2) is 11.5 Å². The largest absolute Gasteiger partial charge is 0.440 e. The number of hydrogen-bond acceptors (Lipinski definition) is 2. The van der Waals surface area contributed by atoms with Crippen LogP contribution >= 0.6 is 0 Å². The first-order valence-electron chi connectivity index (χ1n) is 13.6. The van der Waals surface area contributed by atoms with Crippen molar-refractivity contribution in [2.45, 2.75) is 149 Å². The third-order valence-corrected chi connectivity index (χ3v) is 6.70. The summed E-state index contributed by atoms with van der Waals surface area (Å²) in [5.74, 6) is 0.916. The van der Waals surface area contributed by atoms with Gasteiger partial charge in [-0.15, -0.1) is 0 Å². The molecule has 0 radical (unpaired) electrons. The molecular formula is C30H51NO. The lowest BCUT2D eigenvalue weighted by Gasteiger charge is -2.24. The second-order valence-corrected chi connectivity index (χ2v) is 12.0. The number of aryl methyl sites for hydroxylation is 1. The molecule has 0 aliphatic heterocycles. The number of hydrogen-bond donors (Lipinski definition) is 0. The van der Waals surface area contributed by atoms with Crippen LogP contribution in [0.2, 0.25) is 0 Å². The van der Waals surface area contributed by atoms with Gasteiger partial charge in [0.25, 0.3) is 0 Å². The van der Waals surface area contributed by atoms with Gasteiger partial charge < -0.3 is 4.42 Å². The number of fused-ring (bicyclic) bond motifs is 1. The smallest absolute Gasteiger partial charge is 0.195 e. The summed E-state index contributed by atoms with van der Waals surface area (Å²) in [5.41, 5.74) is 4.82. The highest BCUT2D eigenvalue weighted by molar-refractivity contribution is 5.79. The van der Waals surface area contributed by atoms with Crippen LogP contribution in [0, 0.1) is 0 Å². The zero-order chi connectivity index (χ0) is 23.6. The van der Waals surface area contributed by atoms with Crippen LogP contribution in [0.25, 0.3) is 11.1 Å². The van der Waals surface area contributed by atoms with Crippen molar-refractivity contribution in [1.29, 1.82) is 0 Å². The van der Waals surface area contributed by atoms with E-state index >= 15 is 0 Å². The minimum atomic E-state index is 0.0474. The van der Waals surface area contributed by atoms with E-state index < -0.39 is 0 Å². The molecule has 182 valence electrons. The maximum absolute atomic E-state index is 6.29. The lowest BCUT2D eigenvalue weighted by Crippen LogP contribution is -2.16. The average Bonchev–Trinajstić information content (AvgIpc) is 3.12. The Labute approximate surface area is 199 Å². The lowest BCUT2D eigenvalue weighted by molar-refractivity contribution is 0.490. The first-order valence-corrected chi connectivity index (χ1v) is 13.6. The molecule has 32 heavy (non-hydrogen) atoms. The molecule has 0 amide bonds. The van der Waals surface area contributed by atoms with Crippen molar-refractivity contribution >= 4 is 11.1 Å². The topological polar surface area (TPSA) is 26.0 Å². The van der Waals surface area contributed by atoms with Crippen molar-refractivity contribution in [3.05, 3.63) is 29.2 Å². The summed E-state index contributed by atoms with van der Waals surface area (Å²) in [4.78, 5) is 4.89. The van der Waals surface area contributed by atoms with Crippen LogP contribution in [0.4, 0.5) is 0 Å². The van der Waals surface area contributed by atoms with Gasteiger partial charge in [0.1, 0.15) is 5.52 Å². The lowest BCUT2D eigenvalue weighted by atomic mass is 9.80. The fraction of sp³-hybridized carbons (Fsp3) is 0.767. The molecule has 1 aromatic heterocycles. The number of oxazole rings is 1. The van der Waals surface area contributed by atoms with Gasteiger partial charge in [-0.3, -0.25) is 0 Å². The average molecular weight is 443 g/mol. The summed E-state index contributed by atoms with van der Waals surface area (Å²) in [5, 5.41) is 0. The Morgan fingerprint density at radius 2 is 1.16 bits per heavy atom. The molecule has 0 saturated heterocycles. The standard InChI is InChI=1S/C30H51NO/c1-8-9-10-11-12-13-14-15-16-17-18-19-20-21-27-31-26-23-24(29(2,3)4)22-25(28(26)32-27)30(5,6)7/h22-23H,8-21H2,1-7H3/i27+1. The molecule has 0 saturated carbocycles. The highest BCUT2D eigenvalue weighted by Gasteiger charge is 2.25. The van der Waals surface area contributed by atoms with E-state index in [4.69, 9.17) is 9.40 Å². The normalized spacial score (nSPS) is 12.7. The van der Waals surface area contributed by atoms with E-state index in [1.165, 1.54) is 94.6 Å². The van der Waals surface area contributed by atoms with Crippen LogP contribution in [0.3, 0.4) is 0 Å². The fourth-order valence-corrected chi connectivity index (χ4v) is 4.47. The second-order valence-electron chi connectivity index (χ2n) is 12.0. The maximum Gasteiger partial charge on any atom is 0.195 e. The summed E-state index contributed by atoms with van der Waals surface area (Å²) in [7, 11) is 0. The SMILES string of the molecule is CCCCCCCCCCCCCCC[13c]1nc2cc(C(C)(C)C)cc(C(C)(C)C)c2o1. The summed E-state index contributed by atoms with van der Waals surface area (Å²) >= 11 is 0. The maximum atomic E-state index is 6.29. The minimum Gasteiger partial charge on any atom is -0.440 e. The van der Waals surface area contributed by atoms with Crippen molar-refractivity contribution in [1.82, 2.24) is 4.98 Å². The first kappa shape index (κ1) is 26.9. The Bertz CT molecular complexity index is 787. The molecular weight excluding hydrogens is 391 g/mol. The van der Waals surface area contributed by atoms with Crippen LogP contribution in [0.5, 0.6) is 0 Å². The van der Waals surface area contributed by atoms with Gasteiger partial charge in [-0.1, -0.05) is 132 Å². The first-order chi connectivity index (χ1) is 15.1. The minimum absolute atomic E-state index is 0.0474. The van der Waals surface area contributed by atoms with E-state index in [1.54, 1.807) is 0 Å². The molecule has 0 spiro atoms. The molecule has 0 bridgehead atoms. The Kier molecular flexibility index (Phi) is 10.8. The monoisotopic (exact) mass is 442 g/mol. The van der Waals surface area contributed by atoms with Crippen molar-refractivity contribution in [3.8, 4) is 0 Å². The van der Waals surface area contributed by atoms with Crippen LogP contribution < -0.4 is 0 Å². The van der Waals surface area contributed by atoms with Crippen LogP contribution in [0.1, 0.15) is 149 Å². The number of benzene rings is 1. The Hall–Kier alpha value is -1.31. The summed E-state index contributed by atoms with van der Waals surface area (Å²) in [6.07, 6.45) is 18.9. The molecule has 2 rings (SSSR count). The second kappa shape index (κ2) is 12.8. The predicted molar refractivity (Wildman–Crippen MR) is 141 cm³/mol. The molecule has 0 N–H and O–H groups in total.